The van der Waals surface area contributed by atoms with Gasteiger partial charge in [-0.1, -0.05) is 12.1 Å². The average Bonchev–Trinajstić information content (AvgIpc) is 2.51. The Hall–Kier alpha value is -2.63. The number of hydrogen-bond donors (Lipinski definition) is 1. The molecule has 6 heteroatoms. The Morgan fingerprint density at radius 1 is 1.32 bits per heavy atom. The van der Waals surface area contributed by atoms with Gasteiger partial charge in [-0.15, -0.1) is 0 Å². The number of methoxy groups -OCH3 is 1. The molecule has 0 unspecified atom stereocenters. The summed E-state index contributed by atoms with van der Waals surface area (Å²) in [4.78, 5) is 23.4. The van der Waals surface area contributed by atoms with E-state index in [-0.39, 0.29) is 18.0 Å². The van der Waals surface area contributed by atoms with Crippen LogP contribution < -0.4 is 15.6 Å². The molecule has 1 aromatic heterocycles. The highest BCUT2D eigenvalue weighted by atomic mass is 16.5. The molecule has 1 amide bonds. The van der Waals surface area contributed by atoms with Crippen molar-refractivity contribution in [2.24, 2.45) is 0 Å². The van der Waals surface area contributed by atoms with Gasteiger partial charge in [0, 0.05) is 12.6 Å². The Balaban J connectivity index is 1.85. The van der Waals surface area contributed by atoms with Crippen molar-refractivity contribution in [3.05, 3.63) is 58.0 Å². The van der Waals surface area contributed by atoms with Crippen LogP contribution in [0.1, 0.15) is 11.3 Å². The number of ether oxygens (including phenoxy) is 1. The van der Waals surface area contributed by atoms with E-state index >= 15 is 0 Å². The summed E-state index contributed by atoms with van der Waals surface area (Å²) < 4.78 is 6.31. The predicted octanol–water partition coefficient (Wildman–Crippen LogP) is 0.919. The number of nitrogens with zero attached hydrogens (tertiary/aromatic N) is 2. The molecule has 116 valence electrons. The zero-order valence-corrected chi connectivity index (χ0v) is 12.7. The molecule has 1 heterocycles. The van der Waals surface area contributed by atoms with Crippen molar-refractivity contribution in [3.63, 3.8) is 0 Å². The lowest BCUT2D eigenvalue weighted by Gasteiger charge is -2.08. The summed E-state index contributed by atoms with van der Waals surface area (Å²) in [5, 5.41) is 6.81. The summed E-state index contributed by atoms with van der Waals surface area (Å²) in [6, 6.07) is 10.7. The standard InChI is InChI=1S/C16H19N3O3/c1-12-6-7-16(21)19(18-12)11-15(20)17-9-8-13-4-3-5-14(10-13)22-2/h3-7,10H,8-9,11H2,1-2H3,(H,17,20). The number of amides is 1. The van der Waals surface area contributed by atoms with Gasteiger partial charge >= 0.3 is 0 Å². The van der Waals surface area contributed by atoms with Gasteiger partial charge in [-0.3, -0.25) is 9.59 Å². The SMILES string of the molecule is COc1cccc(CCNC(=O)Cn2nc(C)ccc2=O)c1. The third-order valence-electron chi connectivity index (χ3n) is 3.16. The number of rotatable bonds is 6. The number of nitrogens with one attached hydrogen (secondary N) is 1. The van der Waals surface area contributed by atoms with Gasteiger partial charge in [0.15, 0.2) is 0 Å². The van der Waals surface area contributed by atoms with E-state index in [4.69, 9.17) is 4.74 Å². The summed E-state index contributed by atoms with van der Waals surface area (Å²) in [6.07, 6.45) is 0.694. The summed E-state index contributed by atoms with van der Waals surface area (Å²) in [5.74, 6) is 0.558. The van der Waals surface area contributed by atoms with Crippen molar-refractivity contribution in [1.82, 2.24) is 15.1 Å². The number of carbonyl (C=O) groups is 1. The minimum atomic E-state index is -0.284. The van der Waals surface area contributed by atoms with Gasteiger partial charge in [0.25, 0.3) is 5.56 Å². The van der Waals surface area contributed by atoms with Gasteiger partial charge in [-0.2, -0.15) is 5.10 Å². The monoisotopic (exact) mass is 301 g/mol. The highest BCUT2D eigenvalue weighted by molar-refractivity contribution is 5.75. The average molecular weight is 301 g/mol. The van der Waals surface area contributed by atoms with Crippen LogP contribution in [0.15, 0.2) is 41.2 Å². The van der Waals surface area contributed by atoms with Crippen LogP contribution in [0.25, 0.3) is 0 Å². The van der Waals surface area contributed by atoms with Gasteiger partial charge < -0.3 is 10.1 Å². The second-order valence-electron chi connectivity index (χ2n) is 4.92. The first-order chi connectivity index (χ1) is 10.6. The predicted molar refractivity (Wildman–Crippen MR) is 82.9 cm³/mol. The van der Waals surface area contributed by atoms with Gasteiger partial charge in [-0.25, -0.2) is 4.68 Å². The number of aryl methyl sites for hydroxylation is 1. The van der Waals surface area contributed by atoms with Crippen molar-refractivity contribution in [2.75, 3.05) is 13.7 Å². The van der Waals surface area contributed by atoms with Crippen LogP contribution in [0, 0.1) is 6.92 Å². The van der Waals surface area contributed by atoms with Crippen LogP contribution in [0.2, 0.25) is 0 Å². The molecule has 0 saturated carbocycles. The minimum absolute atomic E-state index is 0.0708. The second kappa shape index (κ2) is 7.40. The fourth-order valence-corrected chi connectivity index (χ4v) is 2.03. The smallest absolute Gasteiger partial charge is 0.267 e. The van der Waals surface area contributed by atoms with Crippen LogP contribution in [0.3, 0.4) is 0 Å². The fraction of sp³-hybridized carbons (Fsp3) is 0.312. The molecule has 2 aromatic rings. The molecule has 1 N–H and O–H groups in total. The lowest BCUT2D eigenvalue weighted by atomic mass is 10.1. The maximum atomic E-state index is 11.9. The van der Waals surface area contributed by atoms with E-state index < -0.39 is 0 Å². The number of hydrogen-bond acceptors (Lipinski definition) is 4. The van der Waals surface area contributed by atoms with Crippen molar-refractivity contribution in [3.8, 4) is 5.75 Å². The molecule has 1 aromatic carbocycles. The fourth-order valence-electron chi connectivity index (χ4n) is 2.03. The molecule has 0 radical (unpaired) electrons. The zero-order valence-electron chi connectivity index (χ0n) is 12.7. The quantitative estimate of drug-likeness (QED) is 0.861. The van der Waals surface area contributed by atoms with Crippen LogP contribution in [-0.4, -0.2) is 29.3 Å². The summed E-state index contributed by atoms with van der Waals surface area (Å²) >= 11 is 0. The lowest BCUT2D eigenvalue weighted by molar-refractivity contribution is -0.121. The van der Waals surface area contributed by atoms with Crippen molar-refractivity contribution in [2.45, 2.75) is 19.9 Å². The Morgan fingerprint density at radius 3 is 2.91 bits per heavy atom. The van der Waals surface area contributed by atoms with E-state index in [1.54, 1.807) is 20.1 Å². The molecule has 22 heavy (non-hydrogen) atoms. The highest BCUT2D eigenvalue weighted by Crippen LogP contribution is 2.12. The molecule has 0 bridgehead atoms. The lowest BCUT2D eigenvalue weighted by Crippen LogP contribution is -2.34. The van der Waals surface area contributed by atoms with Gasteiger partial charge in [0.2, 0.25) is 5.91 Å². The number of benzene rings is 1. The molecule has 0 spiro atoms. The van der Waals surface area contributed by atoms with Gasteiger partial charge in [-0.05, 0) is 37.1 Å². The molecular formula is C16H19N3O3. The molecule has 6 nitrogen and oxygen atoms in total. The number of aromatic nitrogens is 2. The maximum absolute atomic E-state index is 11.9. The normalized spacial score (nSPS) is 10.3. The largest absolute Gasteiger partial charge is 0.497 e. The molecular weight excluding hydrogens is 282 g/mol. The first-order valence-electron chi connectivity index (χ1n) is 7.03. The van der Waals surface area contributed by atoms with Crippen LogP contribution in [0.5, 0.6) is 5.75 Å². The Bertz CT molecular complexity index is 710. The van der Waals surface area contributed by atoms with E-state index in [2.05, 4.69) is 10.4 Å². The molecule has 0 fully saturated rings. The van der Waals surface area contributed by atoms with Crippen LogP contribution >= 0.6 is 0 Å². The Morgan fingerprint density at radius 2 is 2.14 bits per heavy atom. The molecule has 0 atom stereocenters. The van der Waals surface area contributed by atoms with Crippen molar-refractivity contribution >= 4 is 5.91 Å². The van der Waals surface area contributed by atoms with Crippen LogP contribution in [0.4, 0.5) is 0 Å². The molecule has 0 aliphatic heterocycles. The van der Waals surface area contributed by atoms with E-state index in [1.807, 2.05) is 24.3 Å². The highest BCUT2D eigenvalue weighted by Gasteiger charge is 2.05. The molecule has 0 saturated heterocycles. The van der Waals surface area contributed by atoms with E-state index in [0.29, 0.717) is 18.7 Å². The van der Waals surface area contributed by atoms with E-state index in [0.717, 1.165) is 16.0 Å². The zero-order chi connectivity index (χ0) is 15.9. The van der Waals surface area contributed by atoms with Crippen LogP contribution in [-0.2, 0) is 17.8 Å². The summed E-state index contributed by atoms with van der Waals surface area (Å²) in [7, 11) is 1.62. The Labute approximate surface area is 128 Å². The molecule has 2 rings (SSSR count). The van der Waals surface area contributed by atoms with E-state index in [9.17, 15) is 9.59 Å². The third kappa shape index (κ3) is 4.44. The Kier molecular flexibility index (Phi) is 5.30. The molecule has 0 aliphatic rings. The second-order valence-corrected chi connectivity index (χ2v) is 4.92. The van der Waals surface area contributed by atoms with E-state index in [1.165, 1.54) is 6.07 Å². The third-order valence-corrected chi connectivity index (χ3v) is 3.16. The number of carbonyl (C=O) groups excluding carboxylic acids is 1. The first-order valence-corrected chi connectivity index (χ1v) is 7.03. The molecule has 0 aliphatic carbocycles. The summed E-state index contributed by atoms with van der Waals surface area (Å²) in [6.45, 7) is 2.20. The van der Waals surface area contributed by atoms with Crippen molar-refractivity contribution in [1.29, 1.82) is 0 Å². The van der Waals surface area contributed by atoms with Gasteiger partial charge in [0.1, 0.15) is 12.3 Å². The van der Waals surface area contributed by atoms with Crippen molar-refractivity contribution < 1.29 is 9.53 Å². The summed E-state index contributed by atoms with van der Waals surface area (Å²) in [5.41, 5.74) is 1.49. The maximum Gasteiger partial charge on any atom is 0.267 e. The topological polar surface area (TPSA) is 73.2 Å². The minimum Gasteiger partial charge on any atom is -0.497 e. The first kappa shape index (κ1) is 15.8. The van der Waals surface area contributed by atoms with Gasteiger partial charge in [0.05, 0.1) is 12.8 Å².